The predicted octanol–water partition coefficient (Wildman–Crippen LogP) is 3.75. The third kappa shape index (κ3) is 2.21. The van der Waals surface area contributed by atoms with Gasteiger partial charge in [0.05, 0.1) is 17.4 Å². The van der Waals surface area contributed by atoms with E-state index in [1.807, 2.05) is 30.6 Å². The Bertz CT molecular complexity index is 1010. The van der Waals surface area contributed by atoms with Crippen LogP contribution in [0.3, 0.4) is 0 Å². The Balaban J connectivity index is 1.67. The first kappa shape index (κ1) is 14.8. The first-order valence-corrected chi connectivity index (χ1v) is 8.59. The Labute approximate surface area is 150 Å². The van der Waals surface area contributed by atoms with Gasteiger partial charge in [0.1, 0.15) is 11.4 Å². The summed E-state index contributed by atoms with van der Waals surface area (Å²) >= 11 is 0. The molecule has 0 aliphatic heterocycles. The molecule has 1 aliphatic rings. The maximum atomic E-state index is 4.68. The van der Waals surface area contributed by atoms with Crippen molar-refractivity contribution < 1.29 is 0 Å². The van der Waals surface area contributed by atoms with Crippen molar-refractivity contribution in [2.45, 2.75) is 11.8 Å². The lowest BCUT2D eigenvalue weighted by Gasteiger charge is -2.33. The van der Waals surface area contributed by atoms with E-state index < -0.39 is 0 Å². The van der Waals surface area contributed by atoms with Crippen molar-refractivity contribution in [1.82, 2.24) is 25.1 Å². The van der Waals surface area contributed by atoms with Gasteiger partial charge in [0.2, 0.25) is 0 Å². The highest BCUT2D eigenvalue weighted by Gasteiger charge is 2.37. The molecule has 0 radical (unpaired) electrons. The molecule has 0 spiro atoms. The molecular formula is C21H17N5. The Morgan fingerprint density at radius 2 is 1.85 bits per heavy atom. The van der Waals surface area contributed by atoms with E-state index in [9.17, 15) is 0 Å². The van der Waals surface area contributed by atoms with Gasteiger partial charge < -0.3 is 4.98 Å². The number of rotatable bonds is 3. The van der Waals surface area contributed by atoms with Gasteiger partial charge in [-0.2, -0.15) is 5.10 Å². The molecule has 0 saturated heterocycles. The average molecular weight is 339 g/mol. The largest absolute Gasteiger partial charge is 0.351 e. The predicted molar refractivity (Wildman–Crippen MR) is 100 cm³/mol. The second-order valence-electron chi connectivity index (χ2n) is 6.48. The number of fused-ring (bicyclic) bond motifs is 1. The third-order valence-electron chi connectivity index (χ3n) is 5.02. The summed E-state index contributed by atoms with van der Waals surface area (Å²) < 4.78 is 0. The lowest BCUT2D eigenvalue weighted by molar-refractivity contribution is 0.601. The molecule has 1 unspecified atom stereocenters. The Morgan fingerprint density at radius 3 is 2.62 bits per heavy atom. The number of hydrogen-bond donors (Lipinski definition) is 2. The zero-order chi connectivity index (χ0) is 17.4. The van der Waals surface area contributed by atoms with Crippen LogP contribution in [0.25, 0.3) is 17.5 Å². The summed E-state index contributed by atoms with van der Waals surface area (Å²) in [6.07, 6.45) is 10.6. The van der Waals surface area contributed by atoms with Crippen molar-refractivity contribution >= 4 is 6.08 Å². The van der Waals surface area contributed by atoms with Gasteiger partial charge in [-0.05, 0) is 17.7 Å². The molecule has 0 saturated carbocycles. The maximum absolute atomic E-state index is 4.68. The van der Waals surface area contributed by atoms with Gasteiger partial charge in [-0.15, -0.1) is 0 Å². The minimum absolute atomic E-state index is 0.315. The summed E-state index contributed by atoms with van der Waals surface area (Å²) in [5.41, 5.74) is 5.85. The third-order valence-corrected chi connectivity index (χ3v) is 5.02. The minimum Gasteiger partial charge on any atom is -0.351 e. The zero-order valence-corrected chi connectivity index (χ0v) is 14.1. The first-order chi connectivity index (χ1) is 12.9. The second kappa shape index (κ2) is 5.81. The van der Waals surface area contributed by atoms with Crippen LogP contribution in [0.15, 0.2) is 73.3 Å². The van der Waals surface area contributed by atoms with Gasteiger partial charge in [0.15, 0.2) is 0 Å². The fraction of sp³-hybridized carbons (Fsp3) is 0.0952. The fourth-order valence-corrected chi connectivity index (χ4v) is 3.73. The molecule has 2 N–H and O–H groups in total. The molecule has 1 aliphatic carbocycles. The van der Waals surface area contributed by atoms with Crippen LogP contribution in [0, 0.1) is 0 Å². The average Bonchev–Trinajstić information content (AvgIpc) is 3.38. The zero-order valence-electron chi connectivity index (χ0n) is 14.1. The highest BCUT2D eigenvalue weighted by molar-refractivity contribution is 5.74. The summed E-state index contributed by atoms with van der Waals surface area (Å²) in [5, 5.41) is 7.74. The van der Waals surface area contributed by atoms with Crippen LogP contribution in [-0.2, 0) is 11.8 Å². The van der Waals surface area contributed by atoms with Gasteiger partial charge in [0, 0.05) is 30.1 Å². The van der Waals surface area contributed by atoms with Gasteiger partial charge in [-0.3, -0.25) is 10.1 Å². The minimum atomic E-state index is -0.315. The number of aromatic nitrogens is 5. The normalized spacial score (nSPS) is 18.6. The van der Waals surface area contributed by atoms with E-state index in [1.165, 1.54) is 5.56 Å². The smallest absolute Gasteiger partial charge is 0.119 e. The lowest BCUT2D eigenvalue weighted by Crippen LogP contribution is -2.31. The highest BCUT2D eigenvalue weighted by Crippen LogP contribution is 2.41. The van der Waals surface area contributed by atoms with Crippen LogP contribution < -0.4 is 0 Å². The van der Waals surface area contributed by atoms with Crippen LogP contribution in [0.5, 0.6) is 0 Å². The van der Waals surface area contributed by atoms with E-state index in [4.69, 9.17) is 0 Å². The van der Waals surface area contributed by atoms with E-state index in [0.29, 0.717) is 0 Å². The van der Waals surface area contributed by atoms with Gasteiger partial charge in [-0.25, -0.2) is 4.98 Å². The standard InChI is InChI=1S/C21H17N5/c1-2-6-15(7-3-1)21(19-8-4-5-11-23-19)10-9-16-17(12-21)25-26-20(16)18-13-22-14-24-18/h1-11,13-14H,12H2,(H,22,24)(H,25,26). The molecule has 126 valence electrons. The Morgan fingerprint density at radius 1 is 0.962 bits per heavy atom. The molecule has 5 rings (SSSR count). The molecule has 1 aromatic carbocycles. The molecular weight excluding hydrogens is 322 g/mol. The summed E-state index contributed by atoms with van der Waals surface area (Å²) in [6.45, 7) is 0. The molecule has 0 fully saturated rings. The monoisotopic (exact) mass is 339 g/mol. The highest BCUT2D eigenvalue weighted by atomic mass is 15.1. The summed E-state index contributed by atoms with van der Waals surface area (Å²) in [5.74, 6) is 0. The van der Waals surface area contributed by atoms with Crippen molar-refractivity contribution in [3.63, 3.8) is 0 Å². The number of nitrogens with one attached hydrogen (secondary N) is 2. The molecule has 3 heterocycles. The van der Waals surface area contributed by atoms with Crippen LogP contribution in [-0.4, -0.2) is 25.1 Å². The number of pyridine rings is 1. The molecule has 0 bridgehead atoms. The van der Waals surface area contributed by atoms with Gasteiger partial charge in [-0.1, -0.05) is 48.6 Å². The Hall–Kier alpha value is -3.47. The lowest BCUT2D eigenvalue weighted by atomic mass is 9.70. The van der Waals surface area contributed by atoms with Crippen LogP contribution in [0.4, 0.5) is 0 Å². The SMILES string of the molecule is C1=CC(c2ccccc2)(c2ccccn2)Cc2[nH]nc(-c3c[nH]cn3)c21. The number of imidazole rings is 1. The van der Waals surface area contributed by atoms with E-state index in [2.05, 4.69) is 67.6 Å². The molecule has 0 amide bonds. The van der Waals surface area contributed by atoms with E-state index in [-0.39, 0.29) is 5.41 Å². The number of hydrogen-bond acceptors (Lipinski definition) is 3. The summed E-state index contributed by atoms with van der Waals surface area (Å²) in [7, 11) is 0. The van der Waals surface area contributed by atoms with Crippen molar-refractivity contribution in [2.24, 2.45) is 0 Å². The quantitative estimate of drug-likeness (QED) is 0.597. The van der Waals surface area contributed by atoms with Gasteiger partial charge in [0.25, 0.3) is 0 Å². The molecule has 1 atom stereocenters. The second-order valence-corrected chi connectivity index (χ2v) is 6.48. The topological polar surface area (TPSA) is 70.2 Å². The summed E-state index contributed by atoms with van der Waals surface area (Å²) in [6, 6.07) is 16.6. The van der Waals surface area contributed by atoms with Crippen molar-refractivity contribution in [3.8, 4) is 11.4 Å². The fourth-order valence-electron chi connectivity index (χ4n) is 3.73. The number of nitrogens with zero attached hydrogens (tertiary/aromatic N) is 3. The molecule has 26 heavy (non-hydrogen) atoms. The van der Waals surface area contributed by atoms with Gasteiger partial charge >= 0.3 is 0 Å². The maximum Gasteiger partial charge on any atom is 0.119 e. The number of benzene rings is 1. The van der Waals surface area contributed by atoms with E-state index in [0.717, 1.165) is 34.8 Å². The molecule has 4 aromatic rings. The number of H-pyrrole nitrogens is 2. The van der Waals surface area contributed by atoms with Crippen LogP contribution in [0.1, 0.15) is 22.5 Å². The summed E-state index contributed by atoms with van der Waals surface area (Å²) in [4.78, 5) is 12.0. The van der Waals surface area contributed by atoms with Crippen LogP contribution >= 0.6 is 0 Å². The van der Waals surface area contributed by atoms with Crippen molar-refractivity contribution in [1.29, 1.82) is 0 Å². The first-order valence-electron chi connectivity index (χ1n) is 8.59. The van der Waals surface area contributed by atoms with Crippen molar-refractivity contribution in [2.75, 3.05) is 0 Å². The van der Waals surface area contributed by atoms with Crippen molar-refractivity contribution in [3.05, 3.63) is 95.8 Å². The molecule has 5 nitrogen and oxygen atoms in total. The van der Waals surface area contributed by atoms with Crippen LogP contribution in [0.2, 0.25) is 0 Å². The molecule has 3 aromatic heterocycles. The van der Waals surface area contributed by atoms with E-state index in [1.54, 1.807) is 6.33 Å². The number of allylic oxidation sites excluding steroid dienone is 1. The number of aromatic amines is 2. The Kier molecular flexibility index (Phi) is 3.31. The van der Waals surface area contributed by atoms with E-state index >= 15 is 0 Å². The molecule has 5 heteroatoms.